The molecule has 6 heteroatoms. The number of aryl methyl sites for hydroxylation is 1. The molecule has 1 aliphatic rings. The topological polar surface area (TPSA) is 89.1 Å². The molecule has 22 heavy (non-hydrogen) atoms. The van der Waals surface area contributed by atoms with Crippen LogP contribution < -0.4 is 10.4 Å². The van der Waals surface area contributed by atoms with Crippen molar-refractivity contribution in [1.82, 2.24) is 0 Å². The maximum absolute atomic E-state index is 11.4. The Morgan fingerprint density at radius 2 is 2.00 bits per heavy atom. The van der Waals surface area contributed by atoms with Gasteiger partial charge in [0.1, 0.15) is 17.4 Å². The molecule has 2 aromatic rings. The van der Waals surface area contributed by atoms with Crippen molar-refractivity contribution in [3.05, 3.63) is 40.2 Å². The summed E-state index contributed by atoms with van der Waals surface area (Å²) in [6.07, 6.45) is -2.74. The highest BCUT2D eigenvalue weighted by molar-refractivity contribution is 5.81. The van der Waals surface area contributed by atoms with Gasteiger partial charge in [0.25, 0.3) is 0 Å². The van der Waals surface area contributed by atoms with Crippen LogP contribution in [0.2, 0.25) is 0 Å². The van der Waals surface area contributed by atoms with Gasteiger partial charge in [-0.3, -0.25) is 0 Å². The lowest BCUT2D eigenvalue weighted by molar-refractivity contribution is -0.228. The fourth-order valence-corrected chi connectivity index (χ4v) is 2.56. The third-order valence-electron chi connectivity index (χ3n) is 3.86. The second-order valence-corrected chi connectivity index (χ2v) is 5.60. The van der Waals surface area contributed by atoms with E-state index in [2.05, 4.69) is 0 Å². The summed E-state index contributed by atoms with van der Waals surface area (Å²) in [4.78, 5) is 11.4. The second-order valence-electron chi connectivity index (χ2n) is 5.60. The van der Waals surface area contributed by atoms with E-state index in [0.717, 1.165) is 10.9 Å². The van der Waals surface area contributed by atoms with Crippen molar-refractivity contribution in [3.63, 3.8) is 0 Å². The molecule has 6 nitrogen and oxygen atoms in total. The zero-order chi connectivity index (χ0) is 15.9. The first-order chi connectivity index (χ1) is 10.4. The number of fused-ring (bicyclic) bond motifs is 1. The molecule has 1 aliphatic heterocycles. The highest BCUT2D eigenvalue weighted by Crippen LogP contribution is 2.26. The standard InChI is InChI=1S/C16H18O6/c1-8-5-15(19)22-14-6-10(3-4-11(8)14)21-16-13(18)7-12(17)9(2)20-16/h3-6,9,12-13,16-18H,7H2,1-2H3/t9-,12-,13-,16?/m0/s1. The first-order valence-electron chi connectivity index (χ1n) is 7.17. The molecule has 0 saturated carbocycles. The van der Waals surface area contributed by atoms with E-state index in [4.69, 9.17) is 13.9 Å². The van der Waals surface area contributed by atoms with Gasteiger partial charge in [0.05, 0.1) is 12.2 Å². The number of aliphatic hydroxyl groups excluding tert-OH is 2. The molecule has 2 heterocycles. The average molecular weight is 306 g/mol. The van der Waals surface area contributed by atoms with E-state index in [0.29, 0.717) is 11.3 Å². The Bertz CT molecular complexity index is 737. The molecule has 1 saturated heterocycles. The van der Waals surface area contributed by atoms with Crippen LogP contribution in [0.1, 0.15) is 18.9 Å². The van der Waals surface area contributed by atoms with E-state index in [9.17, 15) is 15.0 Å². The summed E-state index contributed by atoms with van der Waals surface area (Å²) in [6.45, 7) is 3.55. The first-order valence-corrected chi connectivity index (χ1v) is 7.17. The van der Waals surface area contributed by atoms with Crippen LogP contribution in [0.15, 0.2) is 33.5 Å². The Hall–Kier alpha value is -1.89. The van der Waals surface area contributed by atoms with Gasteiger partial charge in [-0.15, -0.1) is 0 Å². The van der Waals surface area contributed by atoms with Gasteiger partial charge in [-0.1, -0.05) is 0 Å². The highest BCUT2D eigenvalue weighted by Gasteiger charge is 2.35. The molecule has 2 N–H and O–H groups in total. The number of hydrogen-bond donors (Lipinski definition) is 2. The molecule has 0 spiro atoms. The van der Waals surface area contributed by atoms with Crippen LogP contribution >= 0.6 is 0 Å². The van der Waals surface area contributed by atoms with E-state index in [1.807, 2.05) is 6.92 Å². The van der Waals surface area contributed by atoms with E-state index in [1.165, 1.54) is 6.07 Å². The van der Waals surface area contributed by atoms with Gasteiger partial charge in [-0.2, -0.15) is 0 Å². The van der Waals surface area contributed by atoms with E-state index in [1.54, 1.807) is 25.1 Å². The Morgan fingerprint density at radius 3 is 2.77 bits per heavy atom. The van der Waals surface area contributed by atoms with Gasteiger partial charge >= 0.3 is 5.63 Å². The molecule has 0 radical (unpaired) electrons. The van der Waals surface area contributed by atoms with E-state index in [-0.39, 0.29) is 6.42 Å². The molecule has 0 aliphatic carbocycles. The van der Waals surface area contributed by atoms with Crippen LogP contribution in [-0.2, 0) is 4.74 Å². The molecule has 0 amide bonds. The summed E-state index contributed by atoms with van der Waals surface area (Å²) < 4.78 is 16.2. The van der Waals surface area contributed by atoms with Crippen LogP contribution in [-0.4, -0.2) is 34.8 Å². The lowest BCUT2D eigenvalue weighted by atomic mass is 10.0. The number of aliphatic hydroxyl groups is 2. The van der Waals surface area contributed by atoms with Crippen molar-refractivity contribution in [2.45, 2.75) is 44.9 Å². The zero-order valence-corrected chi connectivity index (χ0v) is 12.4. The third kappa shape index (κ3) is 2.85. The average Bonchev–Trinajstić information content (AvgIpc) is 2.44. The Kier molecular flexibility index (Phi) is 3.90. The number of rotatable bonds is 2. The van der Waals surface area contributed by atoms with Crippen molar-refractivity contribution in [1.29, 1.82) is 0 Å². The molecular formula is C16H18O6. The summed E-state index contributed by atoms with van der Waals surface area (Å²) in [5.74, 6) is 0.425. The molecule has 0 bridgehead atoms. The molecular weight excluding hydrogens is 288 g/mol. The minimum atomic E-state index is -0.925. The quantitative estimate of drug-likeness (QED) is 0.814. The van der Waals surface area contributed by atoms with Crippen LogP contribution in [0.4, 0.5) is 0 Å². The SMILES string of the molecule is Cc1cc(=O)oc2cc(OC3O[C@@H](C)[C@@H](O)C[C@@H]3O)ccc12. The predicted molar refractivity (Wildman–Crippen MR) is 78.8 cm³/mol. The van der Waals surface area contributed by atoms with Gasteiger partial charge in [-0.05, 0) is 31.5 Å². The van der Waals surface area contributed by atoms with Gasteiger partial charge in [0, 0.05) is 23.9 Å². The minimum Gasteiger partial charge on any atom is -0.462 e. The summed E-state index contributed by atoms with van der Waals surface area (Å²) in [5.41, 5.74) is 0.817. The lowest BCUT2D eigenvalue weighted by Gasteiger charge is -2.35. The Balaban J connectivity index is 1.86. The summed E-state index contributed by atoms with van der Waals surface area (Å²) in [7, 11) is 0. The van der Waals surface area contributed by atoms with E-state index < -0.39 is 30.2 Å². The van der Waals surface area contributed by atoms with Gasteiger partial charge in [-0.25, -0.2) is 4.79 Å². The van der Waals surface area contributed by atoms with Crippen LogP contribution in [0.3, 0.4) is 0 Å². The van der Waals surface area contributed by atoms with Gasteiger partial charge in [0.15, 0.2) is 0 Å². The van der Waals surface area contributed by atoms with Crippen molar-refractivity contribution < 1.29 is 24.1 Å². The maximum Gasteiger partial charge on any atom is 0.336 e. The van der Waals surface area contributed by atoms with Crippen molar-refractivity contribution in [3.8, 4) is 5.75 Å². The van der Waals surface area contributed by atoms with Crippen LogP contribution in [0.25, 0.3) is 11.0 Å². The van der Waals surface area contributed by atoms with Crippen LogP contribution in [0, 0.1) is 6.92 Å². The predicted octanol–water partition coefficient (Wildman–Crippen LogP) is 1.34. The zero-order valence-electron chi connectivity index (χ0n) is 12.4. The van der Waals surface area contributed by atoms with Crippen molar-refractivity contribution in [2.75, 3.05) is 0 Å². The summed E-state index contributed by atoms with van der Waals surface area (Å²) in [6, 6.07) is 6.53. The Labute approximate surface area is 126 Å². The molecule has 1 aromatic heterocycles. The van der Waals surface area contributed by atoms with Crippen LogP contribution in [0.5, 0.6) is 5.75 Å². The monoisotopic (exact) mass is 306 g/mol. The Morgan fingerprint density at radius 1 is 1.23 bits per heavy atom. The van der Waals surface area contributed by atoms with Crippen molar-refractivity contribution in [2.24, 2.45) is 0 Å². The normalized spacial score (nSPS) is 28.7. The first kappa shape index (κ1) is 15.0. The fraction of sp³-hybridized carbons (Fsp3) is 0.438. The number of benzene rings is 1. The minimum absolute atomic E-state index is 0.188. The van der Waals surface area contributed by atoms with E-state index >= 15 is 0 Å². The summed E-state index contributed by atoms with van der Waals surface area (Å²) >= 11 is 0. The molecule has 1 unspecified atom stereocenters. The lowest BCUT2D eigenvalue weighted by Crippen LogP contribution is -2.48. The maximum atomic E-state index is 11.4. The molecule has 1 fully saturated rings. The smallest absolute Gasteiger partial charge is 0.336 e. The van der Waals surface area contributed by atoms with Gasteiger partial charge in [0.2, 0.25) is 6.29 Å². The molecule has 1 aromatic carbocycles. The fourth-order valence-electron chi connectivity index (χ4n) is 2.56. The summed E-state index contributed by atoms with van der Waals surface area (Å²) in [5, 5.41) is 20.4. The van der Waals surface area contributed by atoms with Gasteiger partial charge < -0.3 is 24.1 Å². The largest absolute Gasteiger partial charge is 0.462 e. The molecule has 3 rings (SSSR count). The number of ether oxygens (including phenoxy) is 2. The highest BCUT2D eigenvalue weighted by atomic mass is 16.7. The molecule has 4 atom stereocenters. The second kappa shape index (κ2) is 5.72. The van der Waals surface area contributed by atoms with Crippen molar-refractivity contribution >= 4 is 11.0 Å². The molecule has 118 valence electrons. The number of hydrogen-bond acceptors (Lipinski definition) is 6. The third-order valence-corrected chi connectivity index (χ3v) is 3.86.